The van der Waals surface area contributed by atoms with E-state index in [-0.39, 0.29) is 5.41 Å². The molecule has 2 heteroatoms. The molecule has 0 atom stereocenters. The molecular formula is C11H16N2. The van der Waals surface area contributed by atoms with Crippen molar-refractivity contribution in [1.82, 2.24) is 5.32 Å². The first kappa shape index (κ1) is 9.78. The SMILES string of the molecule is CC(C)(C)C1=CC=CN/C1=C\C=N. The molecule has 0 aromatic carbocycles. The lowest BCUT2D eigenvalue weighted by Crippen LogP contribution is -2.20. The molecule has 0 saturated carbocycles. The van der Waals surface area contributed by atoms with E-state index in [9.17, 15) is 0 Å². The number of allylic oxidation sites excluding steroid dienone is 4. The van der Waals surface area contributed by atoms with Gasteiger partial charge in [0.15, 0.2) is 0 Å². The lowest BCUT2D eigenvalue weighted by atomic mass is 9.83. The second-order valence-corrected chi connectivity index (χ2v) is 4.08. The number of rotatable bonds is 1. The standard InChI is InChI=1S/C11H16N2/c1-11(2,3)9-5-4-8-13-10(9)6-7-12/h4-8,12-13H,1-3H3/b10-6-,12-7?. The molecule has 0 unspecified atom stereocenters. The van der Waals surface area contributed by atoms with E-state index in [0.717, 1.165) is 5.70 Å². The van der Waals surface area contributed by atoms with E-state index in [0.29, 0.717) is 0 Å². The van der Waals surface area contributed by atoms with Crippen LogP contribution in [0.3, 0.4) is 0 Å². The third-order valence-electron chi connectivity index (χ3n) is 1.95. The van der Waals surface area contributed by atoms with Crippen LogP contribution in [0.15, 0.2) is 35.7 Å². The predicted octanol–water partition coefficient (Wildman–Crippen LogP) is 2.61. The van der Waals surface area contributed by atoms with Crippen molar-refractivity contribution in [2.75, 3.05) is 0 Å². The molecule has 0 aromatic rings. The zero-order chi connectivity index (χ0) is 9.90. The highest BCUT2D eigenvalue weighted by Gasteiger charge is 2.20. The lowest BCUT2D eigenvalue weighted by Gasteiger charge is -2.26. The molecule has 0 aromatic heterocycles. The van der Waals surface area contributed by atoms with Crippen molar-refractivity contribution in [2.45, 2.75) is 20.8 Å². The summed E-state index contributed by atoms with van der Waals surface area (Å²) in [6.45, 7) is 6.49. The van der Waals surface area contributed by atoms with E-state index in [2.05, 4.69) is 32.2 Å². The van der Waals surface area contributed by atoms with Crippen molar-refractivity contribution < 1.29 is 0 Å². The number of nitrogens with one attached hydrogen (secondary N) is 2. The molecule has 70 valence electrons. The highest BCUT2D eigenvalue weighted by molar-refractivity contribution is 5.71. The van der Waals surface area contributed by atoms with Crippen molar-refractivity contribution >= 4 is 6.21 Å². The van der Waals surface area contributed by atoms with Gasteiger partial charge in [0.25, 0.3) is 0 Å². The molecule has 0 spiro atoms. The van der Waals surface area contributed by atoms with Gasteiger partial charge in [0, 0.05) is 18.1 Å². The summed E-state index contributed by atoms with van der Waals surface area (Å²) in [6, 6.07) is 0. The monoisotopic (exact) mass is 176 g/mol. The third kappa shape index (κ3) is 2.31. The van der Waals surface area contributed by atoms with Gasteiger partial charge in [-0.15, -0.1) is 0 Å². The fourth-order valence-corrected chi connectivity index (χ4v) is 1.32. The van der Waals surface area contributed by atoms with E-state index in [1.807, 2.05) is 12.3 Å². The minimum Gasteiger partial charge on any atom is -0.361 e. The van der Waals surface area contributed by atoms with Gasteiger partial charge in [0.2, 0.25) is 0 Å². The Morgan fingerprint density at radius 2 is 2.08 bits per heavy atom. The molecular weight excluding hydrogens is 160 g/mol. The van der Waals surface area contributed by atoms with Crippen molar-refractivity contribution in [3.05, 3.63) is 35.7 Å². The first-order valence-electron chi connectivity index (χ1n) is 4.40. The molecule has 0 fully saturated rings. The minimum absolute atomic E-state index is 0.118. The van der Waals surface area contributed by atoms with Crippen molar-refractivity contribution in [3.63, 3.8) is 0 Å². The summed E-state index contributed by atoms with van der Waals surface area (Å²) in [5.74, 6) is 0. The van der Waals surface area contributed by atoms with Gasteiger partial charge in [0.1, 0.15) is 0 Å². The van der Waals surface area contributed by atoms with Crippen LogP contribution in [-0.4, -0.2) is 6.21 Å². The van der Waals surface area contributed by atoms with Gasteiger partial charge in [-0.3, -0.25) is 0 Å². The van der Waals surface area contributed by atoms with Crippen molar-refractivity contribution in [3.8, 4) is 0 Å². The van der Waals surface area contributed by atoms with Crippen LogP contribution in [0, 0.1) is 10.8 Å². The van der Waals surface area contributed by atoms with Crippen LogP contribution >= 0.6 is 0 Å². The fraction of sp³-hybridized carbons (Fsp3) is 0.364. The lowest BCUT2D eigenvalue weighted by molar-refractivity contribution is 0.504. The average molecular weight is 176 g/mol. The summed E-state index contributed by atoms with van der Waals surface area (Å²) in [5.41, 5.74) is 2.37. The molecule has 1 heterocycles. The molecule has 0 saturated heterocycles. The molecule has 2 nitrogen and oxygen atoms in total. The van der Waals surface area contributed by atoms with Crippen molar-refractivity contribution in [2.24, 2.45) is 5.41 Å². The second-order valence-electron chi connectivity index (χ2n) is 4.08. The van der Waals surface area contributed by atoms with Gasteiger partial charge >= 0.3 is 0 Å². The molecule has 0 aliphatic carbocycles. The summed E-state index contributed by atoms with van der Waals surface area (Å²) in [7, 11) is 0. The van der Waals surface area contributed by atoms with Crippen LogP contribution in [0.1, 0.15) is 20.8 Å². The minimum atomic E-state index is 0.118. The van der Waals surface area contributed by atoms with Gasteiger partial charge in [-0.05, 0) is 23.1 Å². The molecule has 1 aliphatic rings. The van der Waals surface area contributed by atoms with Crippen LogP contribution in [0.5, 0.6) is 0 Å². The molecule has 0 radical (unpaired) electrons. The maximum absolute atomic E-state index is 7.04. The van der Waals surface area contributed by atoms with Crippen LogP contribution in [0.2, 0.25) is 0 Å². The van der Waals surface area contributed by atoms with Crippen LogP contribution in [0.25, 0.3) is 0 Å². The fourth-order valence-electron chi connectivity index (χ4n) is 1.32. The zero-order valence-corrected chi connectivity index (χ0v) is 8.39. The quantitative estimate of drug-likeness (QED) is 0.592. The largest absolute Gasteiger partial charge is 0.361 e. The number of hydrogen-bond acceptors (Lipinski definition) is 2. The Kier molecular flexibility index (Phi) is 2.71. The maximum atomic E-state index is 7.04. The Morgan fingerprint density at radius 1 is 1.38 bits per heavy atom. The molecule has 13 heavy (non-hydrogen) atoms. The normalized spacial score (nSPS) is 19.6. The van der Waals surface area contributed by atoms with E-state index < -0.39 is 0 Å². The first-order chi connectivity index (χ1) is 6.05. The Balaban J connectivity index is 3.03. The molecule has 0 amide bonds. The summed E-state index contributed by atoms with van der Waals surface area (Å²) in [4.78, 5) is 0. The van der Waals surface area contributed by atoms with Crippen LogP contribution in [-0.2, 0) is 0 Å². The van der Waals surface area contributed by atoms with E-state index >= 15 is 0 Å². The van der Waals surface area contributed by atoms with Crippen LogP contribution in [0.4, 0.5) is 0 Å². The summed E-state index contributed by atoms with van der Waals surface area (Å²) >= 11 is 0. The number of dihydropyridines is 1. The molecule has 1 aliphatic heterocycles. The van der Waals surface area contributed by atoms with E-state index in [4.69, 9.17) is 5.41 Å². The molecule has 1 rings (SSSR count). The van der Waals surface area contributed by atoms with Gasteiger partial charge in [-0.1, -0.05) is 26.8 Å². The Hall–Kier alpha value is -1.31. The van der Waals surface area contributed by atoms with E-state index in [1.165, 1.54) is 11.8 Å². The topological polar surface area (TPSA) is 35.9 Å². The molecule has 0 bridgehead atoms. The number of hydrogen-bond donors (Lipinski definition) is 2. The first-order valence-corrected chi connectivity index (χ1v) is 4.40. The average Bonchev–Trinajstić information content (AvgIpc) is 2.04. The third-order valence-corrected chi connectivity index (χ3v) is 1.95. The second kappa shape index (κ2) is 3.60. The summed E-state index contributed by atoms with van der Waals surface area (Å²) in [6.07, 6.45) is 9.04. The van der Waals surface area contributed by atoms with Gasteiger partial charge in [-0.25, -0.2) is 0 Å². The Labute approximate surface area is 79.5 Å². The Morgan fingerprint density at radius 3 is 2.62 bits per heavy atom. The zero-order valence-electron chi connectivity index (χ0n) is 8.39. The highest BCUT2D eigenvalue weighted by Crippen LogP contribution is 2.31. The van der Waals surface area contributed by atoms with Gasteiger partial charge in [-0.2, -0.15) is 0 Å². The van der Waals surface area contributed by atoms with Gasteiger partial charge in [0.05, 0.1) is 0 Å². The highest BCUT2D eigenvalue weighted by atomic mass is 14.9. The van der Waals surface area contributed by atoms with Crippen molar-refractivity contribution in [1.29, 1.82) is 5.41 Å². The maximum Gasteiger partial charge on any atom is 0.0432 e. The van der Waals surface area contributed by atoms with E-state index in [1.54, 1.807) is 6.08 Å². The Bertz CT molecular complexity index is 288. The van der Waals surface area contributed by atoms with Gasteiger partial charge < -0.3 is 10.7 Å². The predicted molar refractivity (Wildman–Crippen MR) is 56.7 cm³/mol. The summed E-state index contributed by atoms with van der Waals surface area (Å²) < 4.78 is 0. The van der Waals surface area contributed by atoms with Crippen LogP contribution < -0.4 is 5.32 Å². The smallest absolute Gasteiger partial charge is 0.0432 e. The summed E-state index contributed by atoms with van der Waals surface area (Å²) in [5, 5.41) is 10.2. The molecule has 2 N–H and O–H groups in total.